The van der Waals surface area contributed by atoms with Crippen molar-refractivity contribution in [3.63, 3.8) is 0 Å². The van der Waals surface area contributed by atoms with Crippen molar-refractivity contribution in [3.05, 3.63) is 78.9 Å². The lowest BCUT2D eigenvalue weighted by Crippen LogP contribution is -1.99. The smallest absolute Gasteiger partial charge is 0.0494 e. The van der Waals surface area contributed by atoms with Gasteiger partial charge in [-0.2, -0.15) is 0 Å². The summed E-state index contributed by atoms with van der Waals surface area (Å²) in [6.07, 6.45) is 0. The van der Waals surface area contributed by atoms with Crippen LogP contribution in [-0.2, 0) is 0 Å². The average molecular weight is 325 g/mol. The van der Waals surface area contributed by atoms with Crippen molar-refractivity contribution in [3.8, 4) is 22.3 Å². The molecule has 0 atom stereocenters. The van der Waals surface area contributed by atoms with Crippen LogP contribution in [0.1, 0.15) is 0 Å². The number of nitrogen functional groups attached to an aromatic ring is 3. The Hall–Kier alpha value is -3.46. The van der Waals surface area contributed by atoms with Gasteiger partial charge in [-0.1, -0.05) is 60.7 Å². The molecular formula is C22H19N3. The first kappa shape index (κ1) is 15.1. The summed E-state index contributed by atoms with van der Waals surface area (Å²) in [5.74, 6) is 0. The van der Waals surface area contributed by atoms with Crippen molar-refractivity contribution >= 4 is 27.8 Å². The molecule has 3 heteroatoms. The van der Waals surface area contributed by atoms with Gasteiger partial charge >= 0.3 is 0 Å². The fraction of sp³-hybridized carbons (Fsp3) is 0. The van der Waals surface area contributed by atoms with E-state index in [1.165, 1.54) is 0 Å². The van der Waals surface area contributed by atoms with Crippen LogP contribution < -0.4 is 17.2 Å². The van der Waals surface area contributed by atoms with Crippen LogP contribution in [0.4, 0.5) is 17.1 Å². The van der Waals surface area contributed by atoms with Gasteiger partial charge in [-0.25, -0.2) is 0 Å². The number of rotatable bonds is 2. The first-order valence-electron chi connectivity index (χ1n) is 8.17. The van der Waals surface area contributed by atoms with Gasteiger partial charge in [0.25, 0.3) is 0 Å². The highest BCUT2D eigenvalue weighted by atomic mass is 14.6. The number of benzene rings is 4. The summed E-state index contributed by atoms with van der Waals surface area (Å²) in [6, 6.07) is 26.0. The first-order valence-corrected chi connectivity index (χ1v) is 8.17. The molecular weight excluding hydrogens is 306 g/mol. The molecule has 0 unspecified atom stereocenters. The highest BCUT2D eigenvalue weighted by Gasteiger charge is 2.14. The Morgan fingerprint density at radius 3 is 2.08 bits per heavy atom. The molecule has 0 fully saturated rings. The standard InChI is InChI=1S/C22H19N3/c23-16-10-8-15(9-11-16)18-12-13-20(24)21(22(18)25)19-7-3-5-14-4-1-2-6-17(14)19/h1-13H,23-25H2. The van der Waals surface area contributed by atoms with Gasteiger partial charge in [0, 0.05) is 28.2 Å². The van der Waals surface area contributed by atoms with Crippen LogP contribution in [-0.4, -0.2) is 0 Å². The van der Waals surface area contributed by atoms with E-state index in [4.69, 9.17) is 17.2 Å². The van der Waals surface area contributed by atoms with Gasteiger partial charge in [-0.05, 0) is 40.1 Å². The van der Waals surface area contributed by atoms with E-state index < -0.39 is 0 Å². The predicted octanol–water partition coefficient (Wildman–Crippen LogP) is 4.92. The quantitative estimate of drug-likeness (QED) is 0.458. The second kappa shape index (κ2) is 5.87. The molecule has 4 aromatic rings. The van der Waals surface area contributed by atoms with Gasteiger partial charge in [-0.3, -0.25) is 0 Å². The van der Waals surface area contributed by atoms with Gasteiger partial charge in [0.2, 0.25) is 0 Å². The lowest BCUT2D eigenvalue weighted by molar-refractivity contribution is 1.58. The van der Waals surface area contributed by atoms with E-state index in [0.717, 1.165) is 38.7 Å². The van der Waals surface area contributed by atoms with Crippen LogP contribution in [0.2, 0.25) is 0 Å². The summed E-state index contributed by atoms with van der Waals surface area (Å²) >= 11 is 0. The van der Waals surface area contributed by atoms with Crippen LogP contribution in [0, 0.1) is 0 Å². The molecule has 0 saturated heterocycles. The molecule has 0 aliphatic rings. The number of anilines is 3. The molecule has 6 N–H and O–H groups in total. The Labute approximate surface area is 146 Å². The summed E-state index contributed by atoms with van der Waals surface area (Å²) in [4.78, 5) is 0. The highest BCUT2D eigenvalue weighted by molar-refractivity contribution is 6.05. The van der Waals surface area contributed by atoms with Crippen molar-refractivity contribution in [2.24, 2.45) is 0 Å². The van der Waals surface area contributed by atoms with Gasteiger partial charge < -0.3 is 17.2 Å². The van der Waals surface area contributed by atoms with Crippen LogP contribution in [0.15, 0.2) is 78.9 Å². The predicted molar refractivity (Wildman–Crippen MR) is 108 cm³/mol. The molecule has 0 aliphatic heterocycles. The fourth-order valence-electron chi connectivity index (χ4n) is 3.29. The van der Waals surface area contributed by atoms with Crippen molar-refractivity contribution in [1.29, 1.82) is 0 Å². The van der Waals surface area contributed by atoms with Crippen LogP contribution >= 0.6 is 0 Å². The molecule has 0 amide bonds. The summed E-state index contributed by atoms with van der Waals surface area (Å²) in [6.45, 7) is 0. The second-order valence-corrected chi connectivity index (χ2v) is 6.14. The number of hydrogen-bond donors (Lipinski definition) is 3. The molecule has 0 heterocycles. The minimum Gasteiger partial charge on any atom is -0.399 e. The van der Waals surface area contributed by atoms with E-state index in [2.05, 4.69) is 24.3 Å². The average Bonchev–Trinajstić information content (AvgIpc) is 2.63. The van der Waals surface area contributed by atoms with Gasteiger partial charge in [-0.15, -0.1) is 0 Å². The summed E-state index contributed by atoms with van der Waals surface area (Å²) in [5, 5.41) is 2.30. The van der Waals surface area contributed by atoms with Gasteiger partial charge in [0.1, 0.15) is 0 Å². The van der Waals surface area contributed by atoms with Crippen LogP contribution in [0.3, 0.4) is 0 Å². The molecule has 3 nitrogen and oxygen atoms in total. The monoisotopic (exact) mass is 325 g/mol. The fourth-order valence-corrected chi connectivity index (χ4v) is 3.29. The zero-order chi connectivity index (χ0) is 17.4. The molecule has 0 spiro atoms. The topological polar surface area (TPSA) is 78.1 Å². The highest BCUT2D eigenvalue weighted by Crippen LogP contribution is 2.41. The largest absolute Gasteiger partial charge is 0.399 e. The normalized spacial score (nSPS) is 10.9. The minimum atomic E-state index is 0.674. The first-order chi connectivity index (χ1) is 12.1. The van der Waals surface area contributed by atoms with Crippen molar-refractivity contribution in [2.75, 3.05) is 17.2 Å². The molecule has 0 saturated carbocycles. The lowest BCUT2D eigenvalue weighted by atomic mass is 9.92. The van der Waals surface area contributed by atoms with Gasteiger partial charge in [0.05, 0.1) is 0 Å². The van der Waals surface area contributed by atoms with E-state index in [9.17, 15) is 0 Å². The van der Waals surface area contributed by atoms with E-state index in [-0.39, 0.29) is 0 Å². The maximum Gasteiger partial charge on any atom is 0.0494 e. The van der Waals surface area contributed by atoms with Crippen molar-refractivity contribution in [1.82, 2.24) is 0 Å². The Kier molecular flexibility index (Phi) is 3.55. The molecule has 122 valence electrons. The van der Waals surface area contributed by atoms with Gasteiger partial charge in [0.15, 0.2) is 0 Å². The second-order valence-electron chi connectivity index (χ2n) is 6.14. The summed E-state index contributed by atoms with van der Waals surface area (Å²) in [5.41, 5.74) is 24.7. The van der Waals surface area contributed by atoms with E-state index in [1.807, 2.05) is 54.6 Å². The van der Waals surface area contributed by atoms with E-state index in [0.29, 0.717) is 11.4 Å². The number of hydrogen-bond acceptors (Lipinski definition) is 3. The Bertz CT molecular complexity index is 1060. The molecule has 25 heavy (non-hydrogen) atoms. The third-order valence-corrected chi connectivity index (χ3v) is 4.56. The molecule has 0 aromatic heterocycles. The molecule has 4 rings (SSSR count). The van der Waals surface area contributed by atoms with Crippen molar-refractivity contribution < 1.29 is 0 Å². The Morgan fingerprint density at radius 1 is 0.560 bits per heavy atom. The SMILES string of the molecule is Nc1ccc(-c2ccc(N)c(-c3cccc4ccccc34)c2N)cc1. The third-order valence-electron chi connectivity index (χ3n) is 4.56. The molecule has 4 aromatic carbocycles. The summed E-state index contributed by atoms with van der Waals surface area (Å²) < 4.78 is 0. The molecule has 0 aliphatic carbocycles. The zero-order valence-electron chi connectivity index (χ0n) is 13.7. The van der Waals surface area contributed by atoms with E-state index >= 15 is 0 Å². The molecule has 0 bridgehead atoms. The van der Waals surface area contributed by atoms with Crippen LogP contribution in [0.25, 0.3) is 33.0 Å². The van der Waals surface area contributed by atoms with E-state index in [1.54, 1.807) is 0 Å². The zero-order valence-corrected chi connectivity index (χ0v) is 13.7. The maximum atomic E-state index is 6.57. The number of nitrogens with two attached hydrogens (primary N) is 3. The van der Waals surface area contributed by atoms with Crippen molar-refractivity contribution in [2.45, 2.75) is 0 Å². The number of fused-ring (bicyclic) bond motifs is 1. The molecule has 0 radical (unpaired) electrons. The van der Waals surface area contributed by atoms with Crippen LogP contribution in [0.5, 0.6) is 0 Å². The Balaban J connectivity index is 1.99. The third kappa shape index (κ3) is 2.56. The minimum absolute atomic E-state index is 0.674. The maximum absolute atomic E-state index is 6.57. The lowest BCUT2D eigenvalue weighted by Gasteiger charge is -2.16. The Morgan fingerprint density at radius 2 is 1.28 bits per heavy atom. The summed E-state index contributed by atoms with van der Waals surface area (Å²) in [7, 11) is 0.